The highest BCUT2D eigenvalue weighted by atomic mass is 127. The molecule has 2 rings (SSSR count). The Kier molecular flexibility index (Phi) is 3.94. The number of carbonyl (C=O) groups is 1. The molecule has 1 heterocycles. The SMILES string of the molecule is Cc1c(I)cc(B2OC(C)(C)C(C)(C)O2)cc1C(=O)O. The van der Waals surface area contributed by atoms with Crippen molar-refractivity contribution < 1.29 is 19.2 Å². The first-order valence-electron chi connectivity index (χ1n) is 6.44. The molecule has 108 valence electrons. The summed E-state index contributed by atoms with van der Waals surface area (Å²) < 4.78 is 12.8. The van der Waals surface area contributed by atoms with Crippen molar-refractivity contribution in [3.63, 3.8) is 0 Å². The molecule has 6 heteroatoms. The maximum atomic E-state index is 11.3. The molecule has 20 heavy (non-hydrogen) atoms. The van der Waals surface area contributed by atoms with Gasteiger partial charge >= 0.3 is 13.1 Å². The molecule has 1 saturated heterocycles. The number of hydrogen-bond acceptors (Lipinski definition) is 3. The van der Waals surface area contributed by atoms with Crippen molar-refractivity contribution in [3.8, 4) is 0 Å². The molecule has 0 atom stereocenters. The number of benzene rings is 1. The molecule has 0 unspecified atom stereocenters. The highest BCUT2D eigenvalue weighted by Crippen LogP contribution is 2.36. The highest BCUT2D eigenvalue weighted by molar-refractivity contribution is 14.1. The first-order valence-corrected chi connectivity index (χ1v) is 7.52. The summed E-state index contributed by atoms with van der Waals surface area (Å²) in [6.07, 6.45) is 0. The fourth-order valence-electron chi connectivity index (χ4n) is 2.04. The molecule has 1 aliphatic rings. The summed E-state index contributed by atoms with van der Waals surface area (Å²) >= 11 is 2.14. The third-order valence-corrected chi connectivity index (χ3v) is 5.24. The zero-order valence-electron chi connectivity index (χ0n) is 12.3. The Hall–Kier alpha value is -0.595. The van der Waals surface area contributed by atoms with E-state index < -0.39 is 24.3 Å². The van der Waals surface area contributed by atoms with Crippen LogP contribution in [-0.2, 0) is 9.31 Å². The van der Waals surface area contributed by atoms with Gasteiger partial charge in [0.05, 0.1) is 16.8 Å². The van der Waals surface area contributed by atoms with Gasteiger partial charge in [-0.2, -0.15) is 0 Å². The zero-order valence-corrected chi connectivity index (χ0v) is 14.4. The summed E-state index contributed by atoms with van der Waals surface area (Å²) in [5, 5.41) is 9.28. The van der Waals surface area contributed by atoms with Gasteiger partial charge in [-0.15, -0.1) is 0 Å². The van der Waals surface area contributed by atoms with E-state index in [1.54, 1.807) is 13.0 Å². The molecule has 0 aliphatic carbocycles. The van der Waals surface area contributed by atoms with Gasteiger partial charge in [-0.3, -0.25) is 0 Å². The molecule has 1 N–H and O–H groups in total. The third-order valence-electron chi connectivity index (χ3n) is 4.12. The predicted octanol–water partition coefficient (Wildman–Crippen LogP) is 2.60. The normalized spacial score (nSPS) is 20.2. The Bertz CT molecular complexity index is 553. The van der Waals surface area contributed by atoms with Gasteiger partial charge < -0.3 is 14.4 Å². The lowest BCUT2D eigenvalue weighted by molar-refractivity contribution is 0.00578. The van der Waals surface area contributed by atoms with Gasteiger partial charge in [0.1, 0.15) is 0 Å². The van der Waals surface area contributed by atoms with Gasteiger partial charge in [0.2, 0.25) is 0 Å². The molecule has 0 aromatic heterocycles. The Balaban J connectivity index is 2.43. The van der Waals surface area contributed by atoms with E-state index in [0.717, 1.165) is 14.6 Å². The average Bonchev–Trinajstić information content (AvgIpc) is 2.51. The van der Waals surface area contributed by atoms with Crippen LogP contribution < -0.4 is 5.46 Å². The van der Waals surface area contributed by atoms with Crippen LogP contribution in [0.15, 0.2) is 12.1 Å². The predicted molar refractivity (Wildman–Crippen MR) is 86.6 cm³/mol. The molecule has 1 aliphatic heterocycles. The van der Waals surface area contributed by atoms with Gasteiger partial charge in [0.15, 0.2) is 0 Å². The number of aromatic carboxylic acids is 1. The fraction of sp³-hybridized carbons (Fsp3) is 0.500. The molecule has 0 amide bonds. The smallest absolute Gasteiger partial charge is 0.478 e. The van der Waals surface area contributed by atoms with Gasteiger partial charge in [-0.05, 0) is 80.4 Å². The van der Waals surface area contributed by atoms with Crippen molar-refractivity contribution >= 4 is 41.1 Å². The summed E-state index contributed by atoms with van der Waals surface area (Å²) in [5.74, 6) is -0.932. The Labute approximate surface area is 133 Å². The van der Waals surface area contributed by atoms with E-state index in [-0.39, 0.29) is 0 Å². The zero-order chi connectivity index (χ0) is 15.3. The van der Waals surface area contributed by atoms with Crippen LogP contribution in [0.2, 0.25) is 0 Å². The van der Waals surface area contributed by atoms with Crippen molar-refractivity contribution in [1.82, 2.24) is 0 Å². The number of rotatable bonds is 2. The van der Waals surface area contributed by atoms with Gasteiger partial charge in [-0.25, -0.2) is 4.79 Å². The van der Waals surface area contributed by atoms with E-state index in [0.29, 0.717) is 5.56 Å². The van der Waals surface area contributed by atoms with E-state index in [4.69, 9.17) is 9.31 Å². The molecule has 0 spiro atoms. The third kappa shape index (κ3) is 2.60. The van der Waals surface area contributed by atoms with E-state index in [2.05, 4.69) is 22.6 Å². The topological polar surface area (TPSA) is 55.8 Å². The van der Waals surface area contributed by atoms with Crippen LogP contribution in [0.25, 0.3) is 0 Å². The summed E-state index contributed by atoms with van der Waals surface area (Å²) in [7, 11) is -0.535. The second-order valence-corrected chi connectivity index (χ2v) is 7.23. The second kappa shape index (κ2) is 5.00. The summed E-state index contributed by atoms with van der Waals surface area (Å²) in [6.45, 7) is 9.71. The van der Waals surface area contributed by atoms with Crippen LogP contribution in [0.3, 0.4) is 0 Å². The minimum Gasteiger partial charge on any atom is -0.478 e. The lowest BCUT2D eigenvalue weighted by Crippen LogP contribution is -2.41. The molecule has 1 fully saturated rings. The number of carboxylic acids is 1. The lowest BCUT2D eigenvalue weighted by atomic mass is 9.78. The number of halogens is 1. The van der Waals surface area contributed by atoms with Crippen LogP contribution in [-0.4, -0.2) is 29.4 Å². The van der Waals surface area contributed by atoms with Crippen molar-refractivity contribution in [1.29, 1.82) is 0 Å². The largest absolute Gasteiger partial charge is 0.494 e. The summed E-state index contributed by atoms with van der Waals surface area (Å²) in [5.41, 5.74) is 0.936. The summed E-state index contributed by atoms with van der Waals surface area (Å²) in [4.78, 5) is 11.3. The monoisotopic (exact) mass is 388 g/mol. The van der Waals surface area contributed by atoms with Gasteiger partial charge in [0, 0.05) is 3.57 Å². The molecule has 1 aromatic carbocycles. The van der Waals surface area contributed by atoms with Crippen LogP contribution in [0, 0.1) is 10.5 Å². The Morgan fingerprint density at radius 2 is 1.70 bits per heavy atom. The quantitative estimate of drug-likeness (QED) is 0.626. The molecule has 0 radical (unpaired) electrons. The summed E-state index contributed by atoms with van der Waals surface area (Å²) in [6, 6.07) is 3.56. The van der Waals surface area contributed by atoms with E-state index in [9.17, 15) is 9.90 Å². The molecular formula is C14H18BIO4. The average molecular weight is 388 g/mol. The van der Waals surface area contributed by atoms with Crippen LogP contribution in [0.5, 0.6) is 0 Å². The molecule has 0 saturated carbocycles. The van der Waals surface area contributed by atoms with Crippen LogP contribution in [0.4, 0.5) is 0 Å². The minimum absolute atomic E-state index is 0.293. The fourth-order valence-corrected chi connectivity index (χ4v) is 2.69. The van der Waals surface area contributed by atoms with E-state index >= 15 is 0 Å². The second-order valence-electron chi connectivity index (χ2n) is 6.07. The van der Waals surface area contributed by atoms with E-state index in [1.807, 2.05) is 33.8 Å². The number of hydrogen-bond donors (Lipinski definition) is 1. The van der Waals surface area contributed by atoms with Crippen molar-refractivity contribution in [2.75, 3.05) is 0 Å². The number of carboxylic acid groups (broad SMARTS) is 1. The minimum atomic E-state index is -0.932. The Morgan fingerprint density at radius 1 is 1.20 bits per heavy atom. The molecule has 4 nitrogen and oxygen atoms in total. The Morgan fingerprint density at radius 3 is 2.15 bits per heavy atom. The van der Waals surface area contributed by atoms with E-state index in [1.165, 1.54) is 0 Å². The van der Waals surface area contributed by atoms with Crippen molar-refractivity contribution in [3.05, 3.63) is 26.8 Å². The first-order chi connectivity index (χ1) is 9.05. The van der Waals surface area contributed by atoms with Crippen molar-refractivity contribution in [2.24, 2.45) is 0 Å². The van der Waals surface area contributed by atoms with Crippen LogP contribution >= 0.6 is 22.6 Å². The van der Waals surface area contributed by atoms with Crippen LogP contribution in [0.1, 0.15) is 43.6 Å². The maximum absolute atomic E-state index is 11.3. The van der Waals surface area contributed by atoms with Gasteiger partial charge in [-0.1, -0.05) is 0 Å². The maximum Gasteiger partial charge on any atom is 0.494 e. The standard InChI is InChI=1S/C14H18BIO4/c1-8-10(12(17)18)6-9(7-11(8)16)15-19-13(2,3)14(4,5)20-15/h6-7H,1-5H3,(H,17,18). The first kappa shape index (κ1) is 15.8. The highest BCUT2D eigenvalue weighted by Gasteiger charge is 2.51. The molecular weight excluding hydrogens is 370 g/mol. The lowest BCUT2D eigenvalue weighted by Gasteiger charge is -2.32. The van der Waals surface area contributed by atoms with Crippen molar-refractivity contribution in [2.45, 2.75) is 45.8 Å². The van der Waals surface area contributed by atoms with Gasteiger partial charge in [0.25, 0.3) is 0 Å². The molecule has 0 bridgehead atoms. The molecule has 1 aromatic rings.